The number of carbonyl (C=O) groups excluding carboxylic acids is 1. The molecule has 1 saturated heterocycles. The highest BCUT2D eigenvalue weighted by Crippen LogP contribution is 2.38. The predicted molar refractivity (Wildman–Crippen MR) is 116 cm³/mol. The van der Waals surface area contributed by atoms with E-state index >= 15 is 0 Å². The van der Waals surface area contributed by atoms with Crippen molar-refractivity contribution in [2.75, 3.05) is 44.6 Å². The summed E-state index contributed by atoms with van der Waals surface area (Å²) < 4.78 is 16.0. The Kier molecular flexibility index (Phi) is 6.65. The summed E-state index contributed by atoms with van der Waals surface area (Å²) in [4.78, 5) is 14.8. The largest absolute Gasteiger partial charge is 0.493 e. The van der Waals surface area contributed by atoms with Crippen LogP contribution in [0.15, 0.2) is 36.4 Å². The molecule has 3 rings (SSSR count). The number of amides is 1. The first kappa shape index (κ1) is 20.6. The van der Waals surface area contributed by atoms with Crippen molar-refractivity contribution < 1.29 is 19.0 Å². The molecule has 1 amide bonds. The maximum Gasteiger partial charge on any atom is 0.248 e. The maximum absolute atomic E-state index is 12.4. The number of carbonyl (C=O) groups is 1. The van der Waals surface area contributed by atoms with Crippen LogP contribution < -0.4 is 24.4 Å². The number of anilines is 2. The highest BCUT2D eigenvalue weighted by molar-refractivity contribution is 6.02. The molecule has 2 aromatic carbocycles. The molecule has 0 aliphatic carbocycles. The van der Waals surface area contributed by atoms with Crippen molar-refractivity contribution in [1.29, 1.82) is 0 Å². The zero-order valence-electron chi connectivity index (χ0n) is 17.5. The van der Waals surface area contributed by atoms with E-state index in [1.165, 1.54) is 24.6 Å². The standard InChI is InChI=1S/C23H28N2O4/c1-16-13-18(25-11-5-6-12-25)8-9-19(16)24-22(26)10-7-17-14-20(27-2)23(29-4)21(15-17)28-3/h7-10,13-15H,5-6,11-12H2,1-4H3,(H,24,26). The fraction of sp³-hybridized carbons (Fsp3) is 0.348. The van der Waals surface area contributed by atoms with Gasteiger partial charge in [0, 0.05) is 30.5 Å². The number of ether oxygens (including phenoxy) is 3. The number of methoxy groups -OCH3 is 3. The lowest BCUT2D eigenvalue weighted by molar-refractivity contribution is -0.111. The molecule has 0 spiro atoms. The van der Waals surface area contributed by atoms with E-state index in [1.807, 2.05) is 13.0 Å². The van der Waals surface area contributed by atoms with Gasteiger partial charge in [0.25, 0.3) is 0 Å². The maximum atomic E-state index is 12.4. The molecule has 154 valence electrons. The van der Waals surface area contributed by atoms with E-state index < -0.39 is 0 Å². The van der Waals surface area contributed by atoms with Crippen LogP contribution in [0.3, 0.4) is 0 Å². The summed E-state index contributed by atoms with van der Waals surface area (Å²) >= 11 is 0. The summed E-state index contributed by atoms with van der Waals surface area (Å²) in [5.41, 5.74) is 3.85. The highest BCUT2D eigenvalue weighted by Gasteiger charge is 2.14. The Morgan fingerprint density at radius 3 is 2.21 bits per heavy atom. The summed E-state index contributed by atoms with van der Waals surface area (Å²) in [6, 6.07) is 9.75. The van der Waals surface area contributed by atoms with Crippen molar-refractivity contribution in [3.05, 3.63) is 47.5 Å². The van der Waals surface area contributed by atoms with Crippen LogP contribution in [0.1, 0.15) is 24.0 Å². The summed E-state index contributed by atoms with van der Waals surface area (Å²) in [7, 11) is 4.68. The van der Waals surface area contributed by atoms with Crippen LogP contribution >= 0.6 is 0 Å². The molecule has 0 unspecified atom stereocenters. The molecule has 1 fully saturated rings. The lowest BCUT2D eigenvalue weighted by Crippen LogP contribution is -2.18. The number of aryl methyl sites for hydroxylation is 1. The van der Waals surface area contributed by atoms with Crippen molar-refractivity contribution in [1.82, 2.24) is 0 Å². The number of nitrogens with one attached hydrogen (secondary N) is 1. The van der Waals surface area contributed by atoms with Gasteiger partial charge in [-0.1, -0.05) is 0 Å². The smallest absolute Gasteiger partial charge is 0.248 e. The SMILES string of the molecule is COc1cc(C=CC(=O)Nc2ccc(N3CCCC3)cc2C)cc(OC)c1OC. The van der Waals surface area contributed by atoms with E-state index in [1.54, 1.807) is 39.5 Å². The van der Waals surface area contributed by atoms with Gasteiger partial charge in [-0.25, -0.2) is 0 Å². The third-order valence-corrected chi connectivity index (χ3v) is 5.05. The first-order valence-corrected chi connectivity index (χ1v) is 9.70. The molecule has 29 heavy (non-hydrogen) atoms. The van der Waals surface area contributed by atoms with Gasteiger partial charge in [0.1, 0.15) is 0 Å². The minimum Gasteiger partial charge on any atom is -0.493 e. The molecule has 0 bridgehead atoms. The van der Waals surface area contributed by atoms with E-state index in [0.717, 1.165) is 29.9 Å². The van der Waals surface area contributed by atoms with E-state index in [2.05, 4.69) is 22.3 Å². The Balaban J connectivity index is 1.71. The number of rotatable bonds is 7. The van der Waals surface area contributed by atoms with Gasteiger partial charge in [0.15, 0.2) is 11.5 Å². The molecule has 1 aliphatic rings. The number of nitrogens with zero attached hydrogens (tertiary/aromatic N) is 1. The van der Waals surface area contributed by atoms with Crippen LogP contribution in [-0.2, 0) is 4.79 Å². The van der Waals surface area contributed by atoms with Crippen molar-refractivity contribution in [3.8, 4) is 17.2 Å². The number of hydrogen-bond acceptors (Lipinski definition) is 5. The second-order valence-corrected chi connectivity index (χ2v) is 6.97. The topological polar surface area (TPSA) is 60.0 Å². The molecule has 1 N–H and O–H groups in total. The van der Waals surface area contributed by atoms with Crippen LogP contribution in [-0.4, -0.2) is 40.3 Å². The average molecular weight is 396 g/mol. The Labute approximate surface area is 172 Å². The molecule has 2 aromatic rings. The third-order valence-electron chi connectivity index (χ3n) is 5.05. The van der Waals surface area contributed by atoms with Crippen LogP contribution in [0, 0.1) is 6.92 Å². The zero-order chi connectivity index (χ0) is 20.8. The average Bonchev–Trinajstić information content (AvgIpc) is 3.27. The highest BCUT2D eigenvalue weighted by atomic mass is 16.5. The second-order valence-electron chi connectivity index (χ2n) is 6.97. The number of hydrogen-bond donors (Lipinski definition) is 1. The summed E-state index contributed by atoms with van der Waals surface area (Å²) in [5, 5.41) is 2.95. The van der Waals surface area contributed by atoms with Crippen LogP contribution in [0.2, 0.25) is 0 Å². The molecule has 1 aliphatic heterocycles. The fourth-order valence-electron chi connectivity index (χ4n) is 3.50. The van der Waals surface area contributed by atoms with Gasteiger partial charge in [-0.15, -0.1) is 0 Å². The van der Waals surface area contributed by atoms with Crippen molar-refractivity contribution >= 4 is 23.4 Å². The molecule has 0 aromatic heterocycles. The summed E-state index contributed by atoms with van der Waals surface area (Å²) in [6.07, 6.45) is 5.69. The Hall–Kier alpha value is -3.15. The van der Waals surface area contributed by atoms with E-state index in [-0.39, 0.29) is 5.91 Å². The summed E-state index contributed by atoms with van der Waals surface area (Å²) in [5.74, 6) is 1.40. The van der Waals surface area contributed by atoms with Crippen molar-refractivity contribution in [2.45, 2.75) is 19.8 Å². The third kappa shape index (κ3) is 4.83. The first-order valence-electron chi connectivity index (χ1n) is 9.70. The lowest BCUT2D eigenvalue weighted by Gasteiger charge is -2.19. The van der Waals surface area contributed by atoms with E-state index in [9.17, 15) is 4.79 Å². The summed E-state index contributed by atoms with van der Waals surface area (Å²) in [6.45, 7) is 4.21. The quantitative estimate of drug-likeness (QED) is 0.708. The molecular formula is C23H28N2O4. The van der Waals surface area contributed by atoms with Crippen molar-refractivity contribution in [3.63, 3.8) is 0 Å². The van der Waals surface area contributed by atoms with Crippen LogP contribution in [0.25, 0.3) is 6.08 Å². The van der Waals surface area contributed by atoms with Gasteiger partial charge in [-0.2, -0.15) is 0 Å². The van der Waals surface area contributed by atoms with E-state index in [0.29, 0.717) is 17.2 Å². The van der Waals surface area contributed by atoms with Gasteiger partial charge in [-0.3, -0.25) is 4.79 Å². The van der Waals surface area contributed by atoms with Gasteiger partial charge >= 0.3 is 0 Å². The minimum absolute atomic E-state index is 0.198. The Bertz CT molecular complexity index is 877. The minimum atomic E-state index is -0.198. The van der Waals surface area contributed by atoms with Gasteiger partial charge in [0.2, 0.25) is 11.7 Å². The molecule has 6 heteroatoms. The first-order chi connectivity index (χ1) is 14.0. The normalized spacial score (nSPS) is 13.6. The Morgan fingerprint density at radius 1 is 1.00 bits per heavy atom. The Morgan fingerprint density at radius 2 is 1.66 bits per heavy atom. The molecule has 0 saturated carbocycles. The zero-order valence-corrected chi connectivity index (χ0v) is 17.5. The molecule has 0 atom stereocenters. The van der Waals surface area contributed by atoms with Gasteiger partial charge in [-0.05, 0) is 67.3 Å². The molecule has 6 nitrogen and oxygen atoms in total. The monoisotopic (exact) mass is 396 g/mol. The molecule has 1 heterocycles. The number of benzene rings is 2. The lowest BCUT2D eigenvalue weighted by atomic mass is 10.1. The van der Waals surface area contributed by atoms with Crippen molar-refractivity contribution in [2.24, 2.45) is 0 Å². The second kappa shape index (κ2) is 9.37. The van der Waals surface area contributed by atoms with E-state index in [4.69, 9.17) is 14.2 Å². The van der Waals surface area contributed by atoms with Gasteiger partial charge < -0.3 is 24.4 Å². The molecule has 0 radical (unpaired) electrons. The predicted octanol–water partition coefficient (Wildman–Crippen LogP) is 4.27. The van der Waals surface area contributed by atoms with Crippen LogP contribution in [0.4, 0.5) is 11.4 Å². The van der Waals surface area contributed by atoms with Crippen LogP contribution in [0.5, 0.6) is 17.2 Å². The molecular weight excluding hydrogens is 368 g/mol. The fourth-order valence-corrected chi connectivity index (χ4v) is 3.50. The van der Waals surface area contributed by atoms with Gasteiger partial charge in [0.05, 0.1) is 21.3 Å².